The third-order valence-electron chi connectivity index (χ3n) is 4.87. The third kappa shape index (κ3) is 1.86. The van der Waals surface area contributed by atoms with Gasteiger partial charge in [-0.25, -0.2) is 4.39 Å². The molecule has 1 aromatic rings. The number of benzene rings is 1. The molecule has 0 saturated carbocycles. The Bertz CT molecular complexity index is 436. The maximum Gasteiger partial charge on any atom is 0.123 e. The second kappa shape index (κ2) is 4.63. The van der Waals surface area contributed by atoms with E-state index < -0.39 is 0 Å². The van der Waals surface area contributed by atoms with Crippen LogP contribution in [0.25, 0.3) is 0 Å². The van der Waals surface area contributed by atoms with Crippen molar-refractivity contribution in [2.75, 3.05) is 13.2 Å². The van der Waals surface area contributed by atoms with Crippen LogP contribution in [0.3, 0.4) is 0 Å². The van der Waals surface area contributed by atoms with E-state index in [1.807, 2.05) is 6.07 Å². The highest BCUT2D eigenvalue weighted by Gasteiger charge is 2.44. The number of hydrogen-bond acceptors (Lipinski definition) is 2. The van der Waals surface area contributed by atoms with Gasteiger partial charge in [-0.2, -0.15) is 0 Å². The fourth-order valence-electron chi connectivity index (χ4n) is 3.86. The van der Waals surface area contributed by atoms with Crippen LogP contribution in [-0.4, -0.2) is 35.2 Å². The van der Waals surface area contributed by atoms with Crippen LogP contribution in [0.5, 0.6) is 0 Å². The predicted molar refractivity (Wildman–Crippen MR) is 68.9 cm³/mol. The second-order valence-corrected chi connectivity index (χ2v) is 5.67. The summed E-state index contributed by atoms with van der Waals surface area (Å²) in [4.78, 5) is 2.41. The lowest BCUT2D eigenvalue weighted by atomic mass is 9.78. The second-order valence-electron chi connectivity index (χ2n) is 5.67. The number of halogens is 1. The minimum absolute atomic E-state index is 0.153. The van der Waals surface area contributed by atoms with E-state index in [2.05, 4.69) is 11.8 Å². The molecule has 98 valence electrons. The van der Waals surface area contributed by atoms with Crippen molar-refractivity contribution < 1.29 is 9.50 Å². The molecule has 2 saturated heterocycles. The third-order valence-corrected chi connectivity index (χ3v) is 4.87. The maximum absolute atomic E-state index is 13.4. The van der Waals surface area contributed by atoms with E-state index in [4.69, 9.17) is 0 Å². The van der Waals surface area contributed by atoms with Crippen molar-refractivity contribution in [3.8, 4) is 0 Å². The summed E-state index contributed by atoms with van der Waals surface area (Å²) in [5.74, 6) is 0.792. The molecule has 2 aliphatic rings. The van der Waals surface area contributed by atoms with Crippen LogP contribution < -0.4 is 0 Å². The Morgan fingerprint density at radius 1 is 1.44 bits per heavy atom. The molecule has 2 aliphatic heterocycles. The Morgan fingerprint density at radius 2 is 2.28 bits per heavy atom. The fraction of sp³-hybridized carbons (Fsp3) is 0.600. The van der Waals surface area contributed by atoms with Gasteiger partial charge in [0.2, 0.25) is 0 Å². The van der Waals surface area contributed by atoms with Gasteiger partial charge >= 0.3 is 0 Å². The quantitative estimate of drug-likeness (QED) is 0.870. The van der Waals surface area contributed by atoms with Crippen LogP contribution in [0.4, 0.5) is 4.39 Å². The van der Waals surface area contributed by atoms with Gasteiger partial charge in [0.1, 0.15) is 5.82 Å². The first-order valence-electron chi connectivity index (χ1n) is 6.82. The van der Waals surface area contributed by atoms with E-state index in [1.54, 1.807) is 12.1 Å². The summed E-state index contributed by atoms with van der Waals surface area (Å²) in [6.07, 6.45) is 2.29. The molecule has 1 aromatic carbocycles. The molecule has 2 nitrogen and oxygen atoms in total. The van der Waals surface area contributed by atoms with Gasteiger partial charge < -0.3 is 5.11 Å². The maximum atomic E-state index is 13.4. The van der Waals surface area contributed by atoms with E-state index in [0.29, 0.717) is 12.0 Å². The molecule has 0 spiro atoms. The molecule has 18 heavy (non-hydrogen) atoms. The molecule has 0 aromatic heterocycles. The number of fused-ring (bicyclic) bond motifs is 2. The Labute approximate surface area is 107 Å². The zero-order valence-electron chi connectivity index (χ0n) is 10.7. The van der Waals surface area contributed by atoms with E-state index in [9.17, 15) is 9.50 Å². The molecule has 5 atom stereocenters. The number of piperidine rings is 1. The molecule has 0 amide bonds. The summed E-state index contributed by atoms with van der Waals surface area (Å²) in [6.45, 7) is 3.49. The monoisotopic (exact) mass is 249 g/mol. The van der Waals surface area contributed by atoms with Gasteiger partial charge in [0.25, 0.3) is 0 Å². The molecule has 2 heterocycles. The largest absolute Gasteiger partial charge is 0.395 e. The molecule has 2 bridgehead atoms. The van der Waals surface area contributed by atoms with Crippen molar-refractivity contribution in [1.82, 2.24) is 4.90 Å². The normalized spacial score (nSPS) is 38.9. The molecular weight excluding hydrogens is 229 g/mol. The summed E-state index contributed by atoms with van der Waals surface area (Å²) >= 11 is 0. The SMILES string of the molecule is CC1C2CCN1[C@@H](CO)[C@H](c1cccc(F)c1)C2. The zero-order chi connectivity index (χ0) is 12.7. The smallest absolute Gasteiger partial charge is 0.123 e. The highest BCUT2D eigenvalue weighted by atomic mass is 19.1. The highest BCUT2D eigenvalue weighted by molar-refractivity contribution is 5.24. The molecule has 3 rings (SSSR count). The minimum atomic E-state index is -0.176. The summed E-state index contributed by atoms with van der Waals surface area (Å²) in [5, 5.41) is 9.69. The number of aliphatic hydroxyl groups is 1. The van der Waals surface area contributed by atoms with Gasteiger partial charge in [-0.05, 0) is 49.9 Å². The van der Waals surface area contributed by atoms with Crippen LogP contribution >= 0.6 is 0 Å². The summed E-state index contributed by atoms with van der Waals surface area (Å²) in [5.41, 5.74) is 1.04. The van der Waals surface area contributed by atoms with Crippen LogP contribution in [0.15, 0.2) is 24.3 Å². The fourth-order valence-corrected chi connectivity index (χ4v) is 3.86. The molecule has 0 radical (unpaired) electrons. The van der Waals surface area contributed by atoms with E-state index in [-0.39, 0.29) is 24.4 Å². The van der Waals surface area contributed by atoms with E-state index >= 15 is 0 Å². The molecule has 2 fully saturated rings. The lowest BCUT2D eigenvalue weighted by Gasteiger charge is -2.42. The summed E-state index contributed by atoms with van der Waals surface area (Å²) in [7, 11) is 0. The predicted octanol–water partition coefficient (Wildman–Crippen LogP) is 2.38. The van der Waals surface area contributed by atoms with Crippen molar-refractivity contribution >= 4 is 0 Å². The van der Waals surface area contributed by atoms with Crippen molar-refractivity contribution in [2.24, 2.45) is 5.92 Å². The molecule has 0 aliphatic carbocycles. The van der Waals surface area contributed by atoms with Gasteiger partial charge in [-0.1, -0.05) is 12.1 Å². The summed E-state index contributed by atoms with van der Waals surface area (Å²) < 4.78 is 13.4. The van der Waals surface area contributed by atoms with Crippen molar-refractivity contribution in [2.45, 2.75) is 37.8 Å². The van der Waals surface area contributed by atoms with Crippen LogP contribution in [-0.2, 0) is 0 Å². The average Bonchev–Trinajstić information content (AvgIpc) is 2.63. The van der Waals surface area contributed by atoms with Gasteiger partial charge in [0.15, 0.2) is 0 Å². The highest BCUT2D eigenvalue weighted by Crippen LogP contribution is 2.44. The Balaban J connectivity index is 1.92. The summed E-state index contributed by atoms with van der Waals surface area (Å²) in [6, 6.07) is 7.59. The van der Waals surface area contributed by atoms with Crippen molar-refractivity contribution in [1.29, 1.82) is 0 Å². The van der Waals surface area contributed by atoms with Crippen LogP contribution in [0.1, 0.15) is 31.2 Å². The van der Waals surface area contributed by atoms with E-state index in [1.165, 1.54) is 12.5 Å². The Morgan fingerprint density at radius 3 is 3.00 bits per heavy atom. The number of nitrogens with zero attached hydrogens (tertiary/aromatic N) is 1. The van der Waals surface area contributed by atoms with Gasteiger partial charge in [-0.3, -0.25) is 4.90 Å². The zero-order valence-corrected chi connectivity index (χ0v) is 10.7. The topological polar surface area (TPSA) is 23.5 Å². The number of aliphatic hydroxyl groups excluding tert-OH is 1. The first kappa shape index (κ1) is 12.1. The van der Waals surface area contributed by atoms with Crippen molar-refractivity contribution in [3.05, 3.63) is 35.6 Å². The minimum Gasteiger partial charge on any atom is -0.395 e. The molecular formula is C15H20FNO. The van der Waals surface area contributed by atoms with Crippen LogP contribution in [0.2, 0.25) is 0 Å². The first-order valence-corrected chi connectivity index (χ1v) is 6.82. The molecule has 1 N–H and O–H groups in total. The Hall–Kier alpha value is -0.930. The van der Waals surface area contributed by atoms with Gasteiger partial charge in [0, 0.05) is 18.0 Å². The number of hydrogen-bond donors (Lipinski definition) is 1. The first-order chi connectivity index (χ1) is 8.70. The molecule has 3 heteroatoms. The van der Waals surface area contributed by atoms with Crippen LogP contribution in [0, 0.1) is 11.7 Å². The number of rotatable bonds is 2. The Kier molecular flexibility index (Phi) is 3.12. The van der Waals surface area contributed by atoms with Gasteiger partial charge in [0.05, 0.1) is 6.61 Å². The van der Waals surface area contributed by atoms with Crippen molar-refractivity contribution in [3.63, 3.8) is 0 Å². The van der Waals surface area contributed by atoms with Gasteiger partial charge in [-0.15, -0.1) is 0 Å². The van der Waals surface area contributed by atoms with E-state index in [0.717, 1.165) is 18.5 Å². The lowest BCUT2D eigenvalue weighted by molar-refractivity contribution is 0.0546. The standard InChI is InChI=1S/C15H20FNO/c1-10-11-5-6-17(10)15(9-18)14(8-11)12-3-2-4-13(16)7-12/h2-4,7,10-11,14-15,18H,5-6,8-9H2,1H3/t10?,11?,14-,15-/m0/s1. The molecule has 3 unspecified atom stereocenters. The average molecular weight is 249 g/mol. The lowest BCUT2D eigenvalue weighted by Crippen LogP contribution is -2.49.